The summed E-state index contributed by atoms with van der Waals surface area (Å²) in [5.41, 5.74) is 5.86. The zero-order valence-corrected chi connectivity index (χ0v) is 27.5. The zero-order valence-electron chi connectivity index (χ0n) is 26.7. The van der Waals surface area contributed by atoms with Crippen LogP contribution in [0.1, 0.15) is 22.8 Å². The maximum Gasteiger partial charge on any atom is 0.272 e. The van der Waals surface area contributed by atoms with Gasteiger partial charge in [0.2, 0.25) is 5.91 Å². The van der Waals surface area contributed by atoms with Crippen molar-refractivity contribution in [3.63, 3.8) is 0 Å². The fourth-order valence-corrected chi connectivity index (χ4v) is 6.66. The van der Waals surface area contributed by atoms with Gasteiger partial charge >= 0.3 is 0 Å². The molecule has 9 heteroatoms. The predicted octanol–water partition coefficient (Wildman–Crippen LogP) is 8.44. The number of aryl methyl sites for hydroxylation is 1. The van der Waals surface area contributed by atoms with Gasteiger partial charge in [0.05, 0.1) is 5.75 Å². The molecule has 0 fully saturated rings. The summed E-state index contributed by atoms with van der Waals surface area (Å²) in [5.74, 6) is -0.737. The molecule has 0 aliphatic carbocycles. The van der Waals surface area contributed by atoms with Crippen molar-refractivity contribution in [2.24, 2.45) is 0 Å². The summed E-state index contributed by atoms with van der Waals surface area (Å²) in [5, 5.41) is 11.9. The Kier molecular flexibility index (Phi) is 8.99. The smallest absolute Gasteiger partial charge is 0.272 e. The molecule has 0 unspecified atom stereocenters. The number of rotatable bonds is 10. The van der Waals surface area contributed by atoms with Crippen LogP contribution in [0, 0.1) is 0 Å². The molecule has 0 spiro atoms. The van der Waals surface area contributed by atoms with Crippen LogP contribution in [0.3, 0.4) is 0 Å². The second kappa shape index (κ2) is 14.0. The van der Waals surface area contributed by atoms with Gasteiger partial charge in [0, 0.05) is 72.8 Å². The molecule has 242 valence electrons. The van der Waals surface area contributed by atoms with Gasteiger partial charge < -0.3 is 25.5 Å². The first-order valence-corrected chi connectivity index (χ1v) is 16.9. The van der Waals surface area contributed by atoms with Gasteiger partial charge in [0.1, 0.15) is 5.70 Å². The standard InChI is InChI=1S/C40H33N5O3S/c1-2-45-36-15-9-7-13-32(36)33-23-29(18-21-37(33)45)42-38(46)25-49-30-19-16-28(17-20-30)43-40(48)35(44-39(47)26-10-4-3-5-11-26)22-27-24-41-34-14-8-6-12-31(27)34/h3-24,41H,2,25H2,1H3,(H,42,46)(H,43,48)(H,44,47)/b35-22-. The number of aromatic nitrogens is 2. The summed E-state index contributed by atoms with van der Waals surface area (Å²) in [6, 6.07) is 38.1. The number of fused-ring (bicyclic) bond motifs is 4. The first kappa shape index (κ1) is 31.5. The van der Waals surface area contributed by atoms with E-state index in [1.54, 1.807) is 48.7 Å². The number of hydrogen-bond acceptors (Lipinski definition) is 4. The number of amides is 3. The Morgan fingerprint density at radius 3 is 2.22 bits per heavy atom. The van der Waals surface area contributed by atoms with Gasteiger partial charge in [-0.3, -0.25) is 14.4 Å². The summed E-state index contributed by atoms with van der Waals surface area (Å²) in [6.07, 6.45) is 3.47. The Morgan fingerprint density at radius 2 is 1.43 bits per heavy atom. The molecule has 0 bridgehead atoms. The van der Waals surface area contributed by atoms with Crippen LogP contribution in [0.5, 0.6) is 0 Å². The third-order valence-corrected chi connectivity index (χ3v) is 9.32. The summed E-state index contributed by atoms with van der Waals surface area (Å²) >= 11 is 1.40. The lowest BCUT2D eigenvalue weighted by Crippen LogP contribution is -2.30. The molecule has 4 N–H and O–H groups in total. The number of benzene rings is 5. The number of anilines is 2. The van der Waals surface area contributed by atoms with Crippen LogP contribution < -0.4 is 16.0 Å². The largest absolute Gasteiger partial charge is 0.361 e. The Morgan fingerprint density at radius 1 is 0.735 bits per heavy atom. The average molecular weight is 664 g/mol. The van der Waals surface area contributed by atoms with Gasteiger partial charge in [-0.25, -0.2) is 0 Å². The van der Waals surface area contributed by atoms with Gasteiger partial charge in [-0.15, -0.1) is 11.8 Å². The lowest BCUT2D eigenvalue weighted by Gasteiger charge is -2.12. The molecule has 0 atom stereocenters. The molecule has 3 amide bonds. The number of aromatic amines is 1. The number of nitrogens with one attached hydrogen (secondary N) is 4. The second-order valence-corrected chi connectivity index (χ2v) is 12.5. The van der Waals surface area contributed by atoms with Crippen molar-refractivity contribution in [1.82, 2.24) is 14.9 Å². The van der Waals surface area contributed by atoms with Crippen LogP contribution in [0.2, 0.25) is 0 Å². The number of carbonyl (C=O) groups is 3. The van der Waals surface area contributed by atoms with E-state index < -0.39 is 5.91 Å². The number of H-pyrrole nitrogens is 1. The Labute approximate surface area is 287 Å². The number of carbonyl (C=O) groups excluding carboxylic acids is 3. The minimum atomic E-state index is -0.464. The van der Waals surface area contributed by atoms with Gasteiger partial charge in [-0.1, -0.05) is 54.6 Å². The topological polar surface area (TPSA) is 108 Å². The number of hydrogen-bond donors (Lipinski definition) is 4. The van der Waals surface area contributed by atoms with Crippen LogP contribution in [0.15, 0.2) is 138 Å². The van der Waals surface area contributed by atoms with Gasteiger partial charge in [0.25, 0.3) is 11.8 Å². The molecular formula is C40H33N5O3S. The van der Waals surface area contributed by atoms with Crippen LogP contribution in [-0.4, -0.2) is 33.0 Å². The Balaban J connectivity index is 1.01. The average Bonchev–Trinajstić information content (AvgIpc) is 3.69. The molecule has 0 saturated carbocycles. The molecule has 2 heterocycles. The van der Waals surface area contributed by atoms with Gasteiger partial charge in [-0.2, -0.15) is 0 Å². The normalized spacial score (nSPS) is 11.6. The van der Waals surface area contributed by atoms with Crippen molar-refractivity contribution in [3.05, 3.63) is 144 Å². The van der Waals surface area contributed by atoms with Crippen molar-refractivity contribution >= 4 is 79.6 Å². The SMILES string of the molecule is CCn1c2ccccc2c2cc(NC(=O)CSc3ccc(NC(=O)/C(=C/c4c[nH]c5ccccc45)NC(=O)c4ccccc4)cc3)ccc21. The third-order valence-electron chi connectivity index (χ3n) is 8.30. The number of thioether (sulfide) groups is 1. The Hall–Kier alpha value is -6.06. The van der Waals surface area contributed by atoms with Crippen LogP contribution in [0.4, 0.5) is 11.4 Å². The second-order valence-electron chi connectivity index (χ2n) is 11.5. The van der Waals surface area contributed by atoms with Crippen molar-refractivity contribution in [3.8, 4) is 0 Å². The number of para-hydroxylation sites is 2. The molecule has 7 rings (SSSR count). The fourth-order valence-electron chi connectivity index (χ4n) is 5.96. The van der Waals surface area contributed by atoms with Crippen molar-refractivity contribution in [1.29, 1.82) is 0 Å². The van der Waals surface area contributed by atoms with E-state index in [0.29, 0.717) is 11.3 Å². The lowest BCUT2D eigenvalue weighted by atomic mass is 10.1. The van der Waals surface area contributed by atoms with E-state index in [4.69, 9.17) is 0 Å². The lowest BCUT2D eigenvalue weighted by molar-refractivity contribution is -0.114. The predicted molar refractivity (Wildman–Crippen MR) is 200 cm³/mol. The minimum Gasteiger partial charge on any atom is -0.361 e. The molecule has 0 radical (unpaired) electrons. The molecule has 8 nitrogen and oxygen atoms in total. The van der Waals surface area contributed by atoms with Gasteiger partial charge in [-0.05, 0) is 79.7 Å². The van der Waals surface area contributed by atoms with Crippen LogP contribution in [0.25, 0.3) is 38.8 Å². The summed E-state index contributed by atoms with van der Waals surface area (Å²) < 4.78 is 2.28. The van der Waals surface area contributed by atoms with Gasteiger partial charge in [0.15, 0.2) is 0 Å². The highest BCUT2D eigenvalue weighted by Gasteiger charge is 2.17. The Bertz CT molecular complexity index is 2360. The monoisotopic (exact) mass is 663 g/mol. The quantitative estimate of drug-likeness (QED) is 0.0870. The maximum atomic E-state index is 13.5. The van der Waals surface area contributed by atoms with E-state index in [9.17, 15) is 14.4 Å². The summed E-state index contributed by atoms with van der Waals surface area (Å²) in [7, 11) is 0. The molecule has 0 saturated heterocycles. The third kappa shape index (κ3) is 6.83. The van der Waals surface area contributed by atoms with Crippen LogP contribution >= 0.6 is 11.8 Å². The first-order valence-electron chi connectivity index (χ1n) is 16.0. The molecular weight excluding hydrogens is 631 g/mol. The molecule has 0 aliphatic heterocycles. The maximum absolute atomic E-state index is 13.5. The molecule has 7 aromatic rings. The minimum absolute atomic E-state index is 0.103. The van der Waals surface area contributed by atoms with E-state index in [1.807, 2.05) is 66.7 Å². The zero-order chi connectivity index (χ0) is 33.7. The highest BCUT2D eigenvalue weighted by atomic mass is 32.2. The highest BCUT2D eigenvalue weighted by Crippen LogP contribution is 2.31. The van der Waals surface area contributed by atoms with E-state index in [-0.39, 0.29) is 23.3 Å². The van der Waals surface area contributed by atoms with Crippen molar-refractivity contribution in [2.75, 3.05) is 16.4 Å². The number of nitrogens with zero attached hydrogens (tertiary/aromatic N) is 1. The van der Waals surface area contributed by atoms with Crippen LogP contribution in [-0.2, 0) is 16.1 Å². The molecule has 49 heavy (non-hydrogen) atoms. The molecule has 2 aromatic heterocycles. The van der Waals surface area contributed by atoms with E-state index in [2.05, 4.69) is 50.6 Å². The van der Waals surface area contributed by atoms with E-state index in [1.165, 1.54) is 17.3 Å². The highest BCUT2D eigenvalue weighted by molar-refractivity contribution is 8.00. The van der Waals surface area contributed by atoms with E-state index in [0.717, 1.165) is 49.9 Å². The van der Waals surface area contributed by atoms with Crippen molar-refractivity contribution < 1.29 is 14.4 Å². The fraction of sp³-hybridized carbons (Fsp3) is 0.0750. The van der Waals surface area contributed by atoms with E-state index >= 15 is 0 Å². The molecule has 5 aromatic carbocycles. The first-order chi connectivity index (χ1) is 24.0. The van der Waals surface area contributed by atoms with Crippen molar-refractivity contribution in [2.45, 2.75) is 18.4 Å². The summed E-state index contributed by atoms with van der Waals surface area (Å²) in [4.78, 5) is 43.5. The molecule has 0 aliphatic rings. The summed E-state index contributed by atoms with van der Waals surface area (Å²) in [6.45, 7) is 3.00.